The van der Waals surface area contributed by atoms with Crippen molar-refractivity contribution < 1.29 is 4.74 Å². The van der Waals surface area contributed by atoms with Crippen LogP contribution >= 0.6 is 11.6 Å². The third-order valence-electron chi connectivity index (χ3n) is 2.02. The summed E-state index contributed by atoms with van der Waals surface area (Å²) in [5, 5.41) is 0. The number of ether oxygens (including phenoxy) is 1. The molecule has 0 aliphatic rings. The van der Waals surface area contributed by atoms with Crippen molar-refractivity contribution in [2.75, 3.05) is 32.7 Å². The Morgan fingerprint density at radius 3 is 2.38 bits per heavy atom. The summed E-state index contributed by atoms with van der Waals surface area (Å²) in [5.74, 6) is 1.30. The fraction of sp³-hybridized carbons (Fsp3) is 1.00. The van der Waals surface area contributed by atoms with Gasteiger partial charge in [-0.2, -0.15) is 0 Å². The van der Waals surface area contributed by atoms with Gasteiger partial charge in [-0.3, -0.25) is 0 Å². The van der Waals surface area contributed by atoms with Gasteiger partial charge in [0, 0.05) is 25.1 Å². The van der Waals surface area contributed by atoms with Crippen LogP contribution in [-0.2, 0) is 4.74 Å². The normalized spacial score (nSPS) is 14.1. The molecule has 1 unspecified atom stereocenters. The zero-order valence-corrected chi connectivity index (χ0v) is 9.97. The minimum absolute atomic E-state index is 0.435. The molecule has 0 fully saturated rings. The van der Waals surface area contributed by atoms with E-state index >= 15 is 0 Å². The van der Waals surface area contributed by atoms with E-state index in [-0.39, 0.29) is 0 Å². The monoisotopic (exact) mass is 207 g/mol. The number of hydrogen-bond donors (Lipinski definition) is 0. The lowest BCUT2D eigenvalue weighted by Crippen LogP contribution is -2.33. The van der Waals surface area contributed by atoms with Crippen LogP contribution in [0.15, 0.2) is 0 Å². The Balaban J connectivity index is 3.31. The van der Waals surface area contributed by atoms with E-state index in [4.69, 9.17) is 16.3 Å². The summed E-state index contributed by atoms with van der Waals surface area (Å²) in [5.41, 5.74) is 0. The molecule has 80 valence electrons. The molecule has 3 heteroatoms. The van der Waals surface area contributed by atoms with Crippen LogP contribution in [0.2, 0.25) is 0 Å². The van der Waals surface area contributed by atoms with E-state index in [0.29, 0.717) is 17.8 Å². The molecule has 0 spiro atoms. The number of hydrogen-bond acceptors (Lipinski definition) is 2. The largest absolute Gasteiger partial charge is 0.380 e. The maximum Gasteiger partial charge on any atom is 0.0593 e. The highest BCUT2D eigenvalue weighted by atomic mass is 35.5. The minimum atomic E-state index is 0.435. The van der Waals surface area contributed by atoms with E-state index in [1.165, 1.54) is 0 Å². The van der Waals surface area contributed by atoms with Crippen LogP contribution in [0.3, 0.4) is 0 Å². The lowest BCUT2D eigenvalue weighted by atomic mass is 10.2. The van der Waals surface area contributed by atoms with Crippen molar-refractivity contribution in [2.45, 2.75) is 26.8 Å². The van der Waals surface area contributed by atoms with Crippen molar-refractivity contribution >= 4 is 11.6 Å². The molecule has 0 aromatic heterocycles. The Labute approximate surface area is 87.2 Å². The zero-order chi connectivity index (χ0) is 10.3. The van der Waals surface area contributed by atoms with E-state index < -0.39 is 0 Å². The van der Waals surface area contributed by atoms with E-state index in [9.17, 15) is 0 Å². The topological polar surface area (TPSA) is 12.5 Å². The van der Waals surface area contributed by atoms with Gasteiger partial charge < -0.3 is 9.64 Å². The van der Waals surface area contributed by atoms with Gasteiger partial charge in [0.15, 0.2) is 0 Å². The average molecular weight is 208 g/mol. The summed E-state index contributed by atoms with van der Waals surface area (Å²) in [6, 6.07) is 0.435. The van der Waals surface area contributed by atoms with Crippen LogP contribution in [0.5, 0.6) is 0 Å². The summed E-state index contributed by atoms with van der Waals surface area (Å²) >= 11 is 5.73. The Morgan fingerprint density at radius 1 is 1.31 bits per heavy atom. The molecule has 0 rings (SSSR count). The van der Waals surface area contributed by atoms with Crippen LogP contribution < -0.4 is 0 Å². The van der Waals surface area contributed by atoms with Crippen LogP contribution in [0.1, 0.15) is 20.8 Å². The zero-order valence-electron chi connectivity index (χ0n) is 9.22. The molecule has 0 saturated carbocycles. The van der Waals surface area contributed by atoms with Crippen molar-refractivity contribution in [3.05, 3.63) is 0 Å². The lowest BCUT2D eigenvalue weighted by Gasteiger charge is -2.22. The number of likely N-dealkylation sites (N-methyl/N-ethyl adjacent to an activating group) is 1. The molecule has 0 saturated heterocycles. The summed E-state index contributed by atoms with van der Waals surface area (Å²) in [7, 11) is 2.08. The highest BCUT2D eigenvalue weighted by Gasteiger charge is 2.06. The summed E-state index contributed by atoms with van der Waals surface area (Å²) in [6.45, 7) is 9.05. The summed E-state index contributed by atoms with van der Waals surface area (Å²) in [6.07, 6.45) is 0. The molecule has 0 aromatic carbocycles. The van der Waals surface area contributed by atoms with Crippen LogP contribution in [0.25, 0.3) is 0 Å². The fourth-order valence-electron chi connectivity index (χ4n) is 0.866. The maximum absolute atomic E-state index is 5.73. The molecule has 0 heterocycles. The molecule has 2 nitrogen and oxygen atoms in total. The maximum atomic E-state index is 5.73. The molecule has 0 radical (unpaired) electrons. The summed E-state index contributed by atoms with van der Waals surface area (Å²) in [4.78, 5) is 2.22. The van der Waals surface area contributed by atoms with Crippen LogP contribution in [0, 0.1) is 5.92 Å². The molecule has 0 aromatic rings. The number of halogens is 1. The molecular formula is C10H22ClNO. The van der Waals surface area contributed by atoms with Crippen LogP contribution in [0.4, 0.5) is 0 Å². The van der Waals surface area contributed by atoms with E-state index in [0.717, 1.165) is 19.8 Å². The lowest BCUT2D eigenvalue weighted by molar-refractivity contribution is 0.0854. The number of alkyl halides is 1. The first-order chi connectivity index (χ1) is 6.07. The van der Waals surface area contributed by atoms with E-state index in [1.807, 2.05) is 0 Å². The Bertz CT molecular complexity index is 119. The second kappa shape index (κ2) is 7.60. The van der Waals surface area contributed by atoms with Crippen LogP contribution in [-0.4, -0.2) is 43.6 Å². The van der Waals surface area contributed by atoms with Crippen molar-refractivity contribution in [2.24, 2.45) is 5.92 Å². The molecule has 1 atom stereocenters. The molecule has 0 amide bonds. The molecule has 0 aliphatic heterocycles. The van der Waals surface area contributed by atoms with Gasteiger partial charge in [-0.25, -0.2) is 0 Å². The van der Waals surface area contributed by atoms with Crippen molar-refractivity contribution in [3.8, 4) is 0 Å². The van der Waals surface area contributed by atoms with E-state index in [2.05, 4.69) is 32.7 Å². The molecule has 0 aliphatic carbocycles. The van der Waals surface area contributed by atoms with Crippen molar-refractivity contribution in [1.29, 1.82) is 0 Å². The second-order valence-electron chi connectivity index (χ2n) is 3.95. The standard InChI is InChI=1S/C10H22ClNO/c1-9(2)8-13-6-5-12(4)10(3)7-11/h9-10H,5-8H2,1-4H3. The quantitative estimate of drug-likeness (QED) is 0.469. The first-order valence-electron chi connectivity index (χ1n) is 4.91. The first kappa shape index (κ1) is 13.2. The predicted octanol–water partition coefficient (Wildman–Crippen LogP) is 2.22. The average Bonchev–Trinajstić information content (AvgIpc) is 2.10. The van der Waals surface area contributed by atoms with Gasteiger partial charge in [0.25, 0.3) is 0 Å². The first-order valence-corrected chi connectivity index (χ1v) is 5.45. The Kier molecular flexibility index (Phi) is 7.72. The molecule has 0 bridgehead atoms. The summed E-state index contributed by atoms with van der Waals surface area (Å²) < 4.78 is 5.48. The van der Waals surface area contributed by atoms with Gasteiger partial charge in [-0.1, -0.05) is 13.8 Å². The third-order valence-corrected chi connectivity index (χ3v) is 2.46. The van der Waals surface area contributed by atoms with Crippen molar-refractivity contribution in [1.82, 2.24) is 4.90 Å². The van der Waals surface area contributed by atoms with Gasteiger partial charge >= 0.3 is 0 Å². The van der Waals surface area contributed by atoms with Gasteiger partial charge in [0.1, 0.15) is 0 Å². The highest BCUT2D eigenvalue weighted by molar-refractivity contribution is 6.18. The van der Waals surface area contributed by atoms with Gasteiger partial charge in [-0.05, 0) is 19.9 Å². The fourth-order valence-corrected chi connectivity index (χ4v) is 1.10. The Morgan fingerprint density at radius 2 is 1.92 bits per heavy atom. The highest BCUT2D eigenvalue weighted by Crippen LogP contribution is 1.98. The third kappa shape index (κ3) is 7.29. The number of nitrogens with zero attached hydrogens (tertiary/aromatic N) is 1. The minimum Gasteiger partial charge on any atom is -0.380 e. The van der Waals surface area contributed by atoms with E-state index in [1.54, 1.807) is 0 Å². The SMILES string of the molecule is CC(C)COCCN(C)C(C)CCl. The smallest absolute Gasteiger partial charge is 0.0593 e. The second-order valence-corrected chi connectivity index (χ2v) is 4.26. The Hall–Kier alpha value is 0.210. The van der Waals surface area contributed by atoms with Crippen molar-refractivity contribution in [3.63, 3.8) is 0 Å². The molecule has 13 heavy (non-hydrogen) atoms. The van der Waals surface area contributed by atoms with Gasteiger partial charge in [0.2, 0.25) is 0 Å². The predicted molar refractivity (Wildman–Crippen MR) is 58.5 cm³/mol. The van der Waals surface area contributed by atoms with Gasteiger partial charge in [0.05, 0.1) is 6.61 Å². The molecular weight excluding hydrogens is 186 g/mol. The number of rotatable bonds is 7. The molecule has 0 N–H and O–H groups in total. The van der Waals surface area contributed by atoms with Gasteiger partial charge in [-0.15, -0.1) is 11.6 Å².